The fourth-order valence-electron chi connectivity index (χ4n) is 3.17. The Morgan fingerprint density at radius 2 is 2.00 bits per heavy atom. The average molecular weight is 326 g/mol. The van der Waals surface area contributed by atoms with E-state index in [4.69, 9.17) is 0 Å². The van der Waals surface area contributed by atoms with Crippen LogP contribution in [0.4, 0.5) is 5.95 Å². The largest absolute Gasteiger partial charge is 0.357 e. The Bertz CT molecular complexity index is 655. The van der Waals surface area contributed by atoms with Crippen molar-refractivity contribution in [2.75, 3.05) is 18.9 Å². The molecule has 1 aliphatic rings. The Balaban J connectivity index is 1.76. The lowest BCUT2D eigenvalue weighted by Crippen LogP contribution is -2.33. The standard InChI is InChI=1S/C18H26N6/c1-13(2)17-21-10-14(11-22-17)12-24-9-5-4-6-16(24)15-7-8-20-18(19-3)23-15/h7-8,10-11,13,16H,4-6,9,12H2,1-3H3,(H,19,20,23). The van der Waals surface area contributed by atoms with E-state index in [1.807, 2.05) is 31.7 Å². The summed E-state index contributed by atoms with van der Waals surface area (Å²) in [6, 6.07) is 2.36. The second-order valence-electron chi connectivity index (χ2n) is 6.64. The molecule has 0 saturated carbocycles. The van der Waals surface area contributed by atoms with Crippen LogP contribution in [0, 0.1) is 0 Å². The Morgan fingerprint density at radius 3 is 2.71 bits per heavy atom. The second-order valence-corrected chi connectivity index (χ2v) is 6.64. The summed E-state index contributed by atoms with van der Waals surface area (Å²) in [5.74, 6) is 1.95. The molecule has 0 bridgehead atoms. The van der Waals surface area contributed by atoms with E-state index in [-0.39, 0.29) is 0 Å². The van der Waals surface area contributed by atoms with Crippen molar-refractivity contribution >= 4 is 5.95 Å². The summed E-state index contributed by atoms with van der Waals surface area (Å²) in [4.78, 5) is 20.4. The molecule has 1 unspecified atom stereocenters. The highest BCUT2D eigenvalue weighted by atomic mass is 15.2. The van der Waals surface area contributed by atoms with Crippen LogP contribution < -0.4 is 5.32 Å². The third-order valence-corrected chi connectivity index (χ3v) is 4.48. The molecular formula is C18H26N6. The van der Waals surface area contributed by atoms with Crippen LogP contribution in [0.3, 0.4) is 0 Å². The first-order chi connectivity index (χ1) is 11.7. The van der Waals surface area contributed by atoms with Crippen LogP contribution in [0.5, 0.6) is 0 Å². The third kappa shape index (κ3) is 3.87. The molecule has 128 valence electrons. The molecule has 1 saturated heterocycles. The third-order valence-electron chi connectivity index (χ3n) is 4.48. The van der Waals surface area contributed by atoms with Crippen molar-refractivity contribution in [2.24, 2.45) is 0 Å². The Morgan fingerprint density at radius 1 is 1.21 bits per heavy atom. The van der Waals surface area contributed by atoms with Crippen LogP contribution in [0.2, 0.25) is 0 Å². The summed E-state index contributed by atoms with van der Waals surface area (Å²) in [6.07, 6.45) is 9.36. The number of nitrogens with one attached hydrogen (secondary N) is 1. The minimum absolute atomic E-state index is 0.332. The van der Waals surface area contributed by atoms with Gasteiger partial charge in [0.15, 0.2) is 0 Å². The molecule has 24 heavy (non-hydrogen) atoms. The van der Waals surface area contributed by atoms with E-state index >= 15 is 0 Å². The molecule has 2 aromatic rings. The van der Waals surface area contributed by atoms with Gasteiger partial charge in [-0.2, -0.15) is 0 Å². The number of anilines is 1. The predicted molar refractivity (Wildman–Crippen MR) is 94.7 cm³/mol. The van der Waals surface area contributed by atoms with Crippen molar-refractivity contribution < 1.29 is 0 Å². The van der Waals surface area contributed by atoms with Gasteiger partial charge in [-0.3, -0.25) is 4.90 Å². The van der Waals surface area contributed by atoms with E-state index in [0.717, 1.165) is 36.6 Å². The topological polar surface area (TPSA) is 66.8 Å². The fraction of sp³-hybridized carbons (Fsp3) is 0.556. The SMILES string of the molecule is CNc1nccc(C2CCCCN2Cc2cnc(C(C)C)nc2)n1. The van der Waals surface area contributed by atoms with E-state index < -0.39 is 0 Å². The van der Waals surface area contributed by atoms with E-state index in [0.29, 0.717) is 17.9 Å². The monoisotopic (exact) mass is 326 g/mol. The molecular weight excluding hydrogens is 300 g/mol. The molecule has 6 heteroatoms. The van der Waals surface area contributed by atoms with E-state index in [1.165, 1.54) is 12.8 Å². The summed E-state index contributed by atoms with van der Waals surface area (Å²) in [7, 11) is 1.85. The van der Waals surface area contributed by atoms with Gasteiger partial charge in [0.25, 0.3) is 0 Å². The maximum atomic E-state index is 4.65. The predicted octanol–water partition coefficient (Wildman–Crippen LogP) is 3.16. The highest BCUT2D eigenvalue weighted by Crippen LogP contribution is 2.31. The highest BCUT2D eigenvalue weighted by molar-refractivity contribution is 5.25. The molecule has 0 spiro atoms. The van der Waals surface area contributed by atoms with Crippen molar-refractivity contribution in [2.45, 2.75) is 51.6 Å². The number of likely N-dealkylation sites (tertiary alicyclic amines) is 1. The van der Waals surface area contributed by atoms with E-state index in [2.05, 4.69) is 44.0 Å². The molecule has 6 nitrogen and oxygen atoms in total. The van der Waals surface area contributed by atoms with Crippen molar-refractivity contribution in [1.82, 2.24) is 24.8 Å². The number of nitrogens with zero attached hydrogens (tertiary/aromatic N) is 5. The van der Waals surface area contributed by atoms with Crippen molar-refractivity contribution in [3.63, 3.8) is 0 Å². The van der Waals surface area contributed by atoms with Gasteiger partial charge in [-0.05, 0) is 25.5 Å². The fourth-order valence-corrected chi connectivity index (χ4v) is 3.17. The molecule has 0 aromatic carbocycles. The van der Waals surface area contributed by atoms with Crippen molar-refractivity contribution in [3.05, 3.63) is 41.7 Å². The summed E-state index contributed by atoms with van der Waals surface area (Å²) < 4.78 is 0. The van der Waals surface area contributed by atoms with Crippen LogP contribution in [-0.2, 0) is 6.54 Å². The minimum Gasteiger partial charge on any atom is -0.357 e. The van der Waals surface area contributed by atoms with Gasteiger partial charge in [-0.1, -0.05) is 20.3 Å². The molecule has 1 fully saturated rings. The lowest BCUT2D eigenvalue weighted by Gasteiger charge is -2.35. The molecule has 1 aliphatic heterocycles. The Hall–Kier alpha value is -2.08. The van der Waals surface area contributed by atoms with Crippen LogP contribution in [0.15, 0.2) is 24.7 Å². The smallest absolute Gasteiger partial charge is 0.222 e. The number of piperidine rings is 1. The van der Waals surface area contributed by atoms with Gasteiger partial charge in [-0.15, -0.1) is 0 Å². The zero-order valence-corrected chi connectivity index (χ0v) is 14.7. The zero-order valence-electron chi connectivity index (χ0n) is 14.7. The lowest BCUT2D eigenvalue weighted by atomic mass is 9.98. The molecule has 1 atom stereocenters. The number of hydrogen-bond donors (Lipinski definition) is 1. The summed E-state index contributed by atoms with van der Waals surface area (Å²) in [5, 5.41) is 3.03. The molecule has 0 aliphatic carbocycles. The summed E-state index contributed by atoms with van der Waals surface area (Å²) in [6.45, 7) is 6.17. The minimum atomic E-state index is 0.332. The van der Waals surface area contributed by atoms with Gasteiger partial charge in [0, 0.05) is 43.7 Å². The maximum Gasteiger partial charge on any atom is 0.222 e. The molecule has 3 rings (SSSR count). The summed E-state index contributed by atoms with van der Waals surface area (Å²) in [5.41, 5.74) is 2.25. The van der Waals surface area contributed by atoms with Gasteiger partial charge < -0.3 is 5.32 Å². The van der Waals surface area contributed by atoms with Gasteiger partial charge in [0.1, 0.15) is 5.82 Å². The van der Waals surface area contributed by atoms with Gasteiger partial charge in [-0.25, -0.2) is 19.9 Å². The molecule has 2 aromatic heterocycles. The molecule has 0 amide bonds. The second kappa shape index (κ2) is 7.66. The van der Waals surface area contributed by atoms with Crippen LogP contribution in [-0.4, -0.2) is 38.4 Å². The van der Waals surface area contributed by atoms with Crippen molar-refractivity contribution in [1.29, 1.82) is 0 Å². The van der Waals surface area contributed by atoms with Crippen LogP contribution in [0.1, 0.15) is 62.2 Å². The zero-order chi connectivity index (χ0) is 16.9. The van der Waals surface area contributed by atoms with Gasteiger partial charge in [0.2, 0.25) is 5.95 Å². The Kier molecular flexibility index (Phi) is 5.35. The lowest BCUT2D eigenvalue weighted by molar-refractivity contribution is 0.137. The van der Waals surface area contributed by atoms with Crippen molar-refractivity contribution in [3.8, 4) is 0 Å². The number of rotatable bonds is 5. The number of hydrogen-bond acceptors (Lipinski definition) is 6. The number of aromatic nitrogens is 4. The maximum absolute atomic E-state index is 4.65. The first-order valence-corrected chi connectivity index (χ1v) is 8.73. The molecule has 0 radical (unpaired) electrons. The van der Waals surface area contributed by atoms with E-state index in [9.17, 15) is 0 Å². The molecule has 3 heterocycles. The summed E-state index contributed by atoms with van der Waals surface area (Å²) >= 11 is 0. The van der Waals surface area contributed by atoms with Gasteiger partial charge >= 0.3 is 0 Å². The van der Waals surface area contributed by atoms with Crippen LogP contribution >= 0.6 is 0 Å². The van der Waals surface area contributed by atoms with Crippen LogP contribution in [0.25, 0.3) is 0 Å². The first kappa shape index (κ1) is 16.8. The average Bonchev–Trinajstić information content (AvgIpc) is 2.62. The first-order valence-electron chi connectivity index (χ1n) is 8.73. The van der Waals surface area contributed by atoms with E-state index in [1.54, 1.807) is 0 Å². The normalized spacial score (nSPS) is 18.8. The van der Waals surface area contributed by atoms with Gasteiger partial charge in [0.05, 0.1) is 11.7 Å². The quantitative estimate of drug-likeness (QED) is 0.910. The Labute approximate surface area is 143 Å². The molecule has 1 N–H and O–H groups in total. The highest BCUT2D eigenvalue weighted by Gasteiger charge is 2.25.